The Kier molecular flexibility index (Phi) is 3.87. The van der Waals surface area contributed by atoms with Crippen LogP contribution in [0.3, 0.4) is 0 Å². The fourth-order valence-electron chi connectivity index (χ4n) is 3.74. The van der Waals surface area contributed by atoms with Gasteiger partial charge in [0.2, 0.25) is 0 Å². The van der Waals surface area contributed by atoms with Crippen LogP contribution in [0.5, 0.6) is 0 Å². The van der Waals surface area contributed by atoms with Gasteiger partial charge in [0, 0.05) is 23.6 Å². The highest BCUT2D eigenvalue weighted by atomic mass is 35.5. The molecule has 0 fully saturated rings. The van der Waals surface area contributed by atoms with Gasteiger partial charge in [-0.05, 0) is 30.5 Å². The van der Waals surface area contributed by atoms with Crippen LogP contribution in [0.15, 0.2) is 40.7 Å². The van der Waals surface area contributed by atoms with Crippen molar-refractivity contribution in [2.75, 3.05) is 6.61 Å². The summed E-state index contributed by atoms with van der Waals surface area (Å²) < 4.78 is 44.0. The maximum atomic E-state index is 13.0. The van der Waals surface area contributed by atoms with Crippen molar-refractivity contribution < 1.29 is 27.5 Å². The van der Waals surface area contributed by atoms with Gasteiger partial charge in [0.15, 0.2) is 5.78 Å². The van der Waals surface area contributed by atoms with Crippen molar-refractivity contribution in [3.63, 3.8) is 0 Å². The summed E-state index contributed by atoms with van der Waals surface area (Å²) in [6.45, 7) is 0.0595. The molecule has 2 aliphatic heterocycles. The molecule has 0 aromatic heterocycles. The van der Waals surface area contributed by atoms with Crippen LogP contribution in [0.4, 0.5) is 13.2 Å². The lowest BCUT2D eigenvalue weighted by molar-refractivity contribution is -0.138. The molecule has 4 nitrogen and oxygen atoms in total. The molecule has 4 rings (SSSR count). The molecule has 1 aliphatic carbocycles. The van der Waals surface area contributed by atoms with Crippen LogP contribution in [0.25, 0.3) is 0 Å². The first-order valence-corrected chi connectivity index (χ1v) is 8.45. The number of benzene rings is 1. The van der Waals surface area contributed by atoms with E-state index in [1.807, 2.05) is 0 Å². The SMILES string of the molecule is O=C1CCCC2=C1C(c1ccc(C(F)(F)F)c(Cl)c1)C1=C(COC1=O)N2. The first-order chi connectivity index (χ1) is 12.3. The van der Waals surface area contributed by atoms with Crippen LogP contribution in [-0.2, 0) is 20.5 Å². The third-order valence-electron chi connectivity index (χ3n) is 4.86. The minimum Gasteiger partial charge on any atom is -0.456 e. The van der Waals surface area contributed by atoms with Crippen molar-refractivity contribution in [2.45, 2.75) is 31.4 Å². The fourth-order valence-corrected chi connectivity index (χ4v) is 4.04. The predicted molar refractivity (Wildman–Crippen MR) is 86.2 cm³/mol. The van der Waals surface area contributed by atoms with E-state index < -0.39 is 28.6 Å². The Bertz CT molecular complexity index is 901. The largest absolute Gasteiger partial charge is 0.456 e. The number of nitrogens with one attached hydrogen (secondary N) is 1. The molecule has 26 heavy (non-hydrogen) atoms. The van der Waals surface area contributed by atoms with E-state index >= 15 is 0 Å². The second-order valence-electron chi connectivity index (χ2n) is 6.43. The van der Waals surface area contributed by atoms with Gasteiger partial charge < -0.3 is 10.1 Å². The van der Waals surface area contributed by atoms with Gasteiger partial charge in [-0.2, -0.15) is 13.2 Å². The summed E-state index contributed by atoms with van der Waals surface area (Å²) >= 11 is 5.86. The Morgan fingerprint density at radius 3 is 2.58 bits per heavy atom. The second-order valence-corrected chi connectivity index (χ2v) is 6.84. The molecule has 1 unspecified atom stereocenters. The van der Waals surface area contributed by atoms with Gasteiger partial charge in [-0.3, -0.25) is 4.79 Å². The molecular formula is C18H13ClF3NO3. The summed E-state index contributed by atoms with van der Waals surface area (Å²) in [7, 11) is 0. The number of cyclic esters (lactones) is 1. The molecule has 8 heteroatoms. The van der Waals surface area contributed by atoms with E-state index in [0.717, 1.165) is 6.07 Å². The number of halogens is 4. The predicted octanol–water partition coefficient (Wildman–Crippen LogP) is 3.86. The number of hydrogen-bond acceptors (Lipinski definition) is 4. The number of rotatable bonds is 1. The average molecular weight is 384 g/mol. The summed E-state index contributed by atoms with van der Waals surface area (Å²) in [5.74, 6) is -1.45. The number of ketones is 1. The van der Waals surface area contributed by atoms with Crippen LogP contribution < -0.4 is 5.32 Å². The Balaban J connectivity index is 1.87. The van der Waals surface area contributed by atoms with E-state index in [1.165, 1.54) is 12.1 Å². The molecule has 0 saturated carbocycles. The number of dihydropyridines is 1. The van der Waals surface area contributed by atoms with Crippen LogP contribution in [0.1, 0.15) is 36.3 Å². The third kappa shape index (κ3) is 2.61. The van der Waals surface area contributed by atoms with Crippen molar-refractivity contribution in [1.29, 1.82) is 0 Å². The lowest BCUT2D eigenvalue weighted by atomic mass is 9.75. The molecule has 0 amide bonds. The summed E-state index contributed by atoms with van der Waals surface area (Å²) in [6.07, 6.45) is -2.92. The molecule has 3 aliphatic rings. The minimum absolute atomic E-state index is 0.0595. The number of allylic oxidation sites excluding steroid dienone is 2. The van der Waals surface area contributed by atoms with E-state index in [-0.39, 0.29) is 18.0 Å². The molecule has 0 radical (unpaired) electrons. The molecule has 2 heterocycles. The van der Waals surface area contributed by atoms with Crippen LogP contribution in [0.2, 0.25) is 5.02 Å². The number of esters is 1. The smallest absolute Gasteiger partial charge is 0.417 e. The highest BCUT2D eigenvalue weighted by molar-refractivity contribution is 6.31. The minimum atomic E-state index is -4.58. The summed E-state index contributed by atoms with van der Waals surface area (Å²) in [6, 6.07) is 3.34. The standard InChI is InChI=1S/C18H13ClF3NO3/c19-10-6-8(4-5-9(10)18(20,21)22)14-15-11(2-1-3-13(15)24)23-12-7-26-17(25)16(12)14/h4-6,14,23H,1-3,7H2. The Hall–Kier alpha value is -2.28. The number of alkyl halides is 3. The van der Waals surface area contributed by atoms with Gasteiger partial charge in [0.1, 0.15) is 6.61 Å². The van der Waals surface area contributed by atoms with Crippen LogP contribution >= 0.6 is 11.6 Å². The molecule has 1 aromatic rings. The average Bonchev–Trinajstić information content (AvgIpc) is 2.93. The van der Waals surface area contributed by atoms with Gasteiger partial charge >= 0.3 is 12.1 Å². The molecule has 0 spiro atoms. The van der Waals surface area contributed by atoms with Gasteiger partial charge in [-0.1, -0.05) is 17.7 Å². The van der Waals surface area contributed by atoms with Gasteiger partial charge in [-0.25, -0.2) is 4.79 Å². The summed E-state index contributed by atoms with van der Waals surface area (Å²) in [4.78, 5) is 24.8. The Labute approximate surface area is 151 Å². The molecule has 1 atom stereocenters. The number of carbonyl (C=O) groups is 2. The maximum Gasteiger partial charge on any atom is 0.417 e. The molecular weight excluding hydrogens is 371 g/mol. The molecule has 136 valence electrons. The lowest BCUT2D eigenvalue weighted by Crippen LogP contribution is -2.32. The van der Waals surface area contributed by atoms with E-state index in [9.17, 15) is 22.8 Å². The van der Waals surface area contributed by atoms with Gasteiger partial charge in [0.05, 0.1) is 21.9 Å². The van der Waals surface area contributed by atoms with E-state index in [4.69, 9.17) is 16.3 Å². The van der Waals surface area contributed by atoms with Gasteiger partial charge in [0.25, 0.3) is 0 Å². The number of Topliss-reactive ketones (excluding diaryl/α,β-unsaturated/α-hetero) is 1. The van der Waals surface area contributed by atoms with Crippen molar-refractivity contribution in [2.24, 2.45) is 0 Å². The molecule has 1 aromatic carbocycles. The first-order valence-electron chi connectivity index (χ1n) is 8.07. The number of ether oxygens (including phenoxy) is 1. The highest BCUT2D eigenvalue weighted by Gasteiger charge is 2.43. The Morgan fingerprint density at radius 1 is 1.12 bits per heavy atom. The quantitative estimate of drug-likeness (QED) is 0.748. The first kappa shape index (κ1) is 17.1. The topological polar surface area (TPSA) is 55.4 Å². The second kappa shape index (κ2) is 5.87. The van der Waals surface area contributed by atoms with Crippen molar-refractivity contribution in [3.8, 4) is 0 Å². The lowest BCUT2D eigenvalue weighted by Gasteiger charge is -2.32. The summed E-state index contributed by atoms with van der Waals surface area (Å²) in [5.41, 5.74) is 1.38. The van der Waals surface area contributed by atoms with Crippen LogP contribution in [-0.4, -0.2) is 18.4 Å². The zero-order chi connectivity index (χ0) is 18.6. The summed E-state index contributed by atoms with van der Waals surface area (Å²) in [5, 5.41) is 2.64. The zero-order valence-electron chi connectivity index (χ0n) is 13.4. The maximum absolute atomic E-state index is 13.0. The highest BCUT2D eigenvalue weighted by Crippen LogP contribution is 2.45. The Morgan fingerprint density at radius 2 is 1.88 bits per heavy atom. The fraction of sp³-hybridized carbons (Fsp3) is 0.333. The number of hydrogen-bond donors (Lipinski definition) is 1. The normalized spacial score (nSPS) is 22.8. The molecule has 0 saturated heterocycles. The third-order valence-corrected chi connectivity index (χ3v) is 5.17. The number of carbonyl (C=O) groups excluding carboxylic acids is 2. The van der Waals surface area contributed by atoms with E-state index in [1.54, 1.807) is 0 Å². The van der Waals surface area contributed by atoms with E-state index in [0.29, 0.717) is 41.8 Å². The van der Waals surface area contributed by atoms with Crippen molar-refractivity contribution in [3.05, 3.63) is 56.9 Å². The van der Waals surface area contributed by atoms with Crippen molar-refractivity contribution in [1.82, 2.24) is 5.32 Å². The molecule has 0 bridgehead atoms. The van der Waals surface area contributed by atoms with E-state index in [2.05, 4.69) is 5.32 Å². The van der Waals surface area contributed by atoms with Gasteiger partial charge in [-0.15, -0.1) is 0 Å². The van der Waals surface area contributed by atoms with Crippen LogP contribution in [0, 0.1) is 0 Å². The van der Waals surface area contributed by atoms with Crippen molar-refractivity contribution >= 4 is 23.4 Å². The molecule has 1 N–H and O–H groups in total. The zero-order valence-corrected chi connectivity index (χ0v) is 14.1. The monoisotopic (exact) mass is 383 g/mol.